The maximum Gasteiger partial charge on any atom is 0.306 e. The molecule has 0 amide bonds. The van der Waals surface area contributed by atoms with Gasteiger partial charge in [0.15, 0.2) is 0 Å². The Kier molecular flexibility index (Phi) is 6.61. The van der Waals surface area contributed by atoms with Crippen molar-refractivity contribution < 1.29 is 9.90 Å². The molecular weight excluding hydrogens is 212 g/mol. The Morgan fingerprint density at radius 2 is 1.88 bits per heavy atom. The summed E-state index contributed by atoms with van der Waals surface area (Å²) in [4.78, 5) is 10.8. The minimum atomic E-state index is -0.583. The lowest BCUT2D eigenvalue weighted by molar-refractivity contribution is -0.143. The van der Waals surface area contributed by atoms with Gasteiger partial charge < -0.3 is 5.11 Å². The van der Waals surface area contributed by atoms with Gasteiger partial charge >= 0.3 is 5.97 Å². The van der Waals surface area contributed by atoms with Crippen LogP contribution in [0.1, 0.15) is 71.6 Å². The normalized spacial score (nSPS) is 26.7. The molecule has 2 nitrogen and oxygen atoms in total. The van der Waals surface area contributed by atoms with Gasteiger partial charge in [-0.05, 0) is 37.5 Å². The van der Waals surface area contributed by atoms with Gasteiger partial charge in [-0.1, -0.05) is 46.0 Å². The van der Waals surface area contributed by atoms with Gasteiger partial charge in [-0.3, -0.25) is 4.79 Å². The van der Waals surface area contributed by atoms with E-state index in [0.29, 0.717) is 0 Å². The number of hydrogen-bond donors (Lipinski definition) is 1. The van der Waals surface area contributed by atoms with Crippen LogP contribution >= 0.6 is 0 Å². The number of hydrogen-bond acceptors (Lipinski definition) is 1. The van der Waals surface area contributed by atoms with Crippen LogP contribution in [0.5, 0.6) is 0 Å². The predicted octanol–water partition coefficient (Wildman–Crippen LogP) is 4.48. The Balaban J connectivity index is 2.04. The van der Waals surface area contributed by atoms with E-state index >= 15 is 0 Å². The largest absolute Gasteiger partial charge is 0.481 e. The van der Waals surface area contributed by atoms with E-state index in [4.69, 9.17) is 5.11 Å². The average Bonchev–Trinajstić information content (AvgIpc) is 2.34. The molecule has 0 bridgehead atoms. The molecule has 2 heteroatoms. The zero-order valence-electron chi connectivity index (χ0n) is 11.5. The highest BCUT2D eigenvalue weighted by Crippen LogP contribution is 2.32. The number of carboxylic acid groups (broad SMARTS) is 1. The lowest BCUT2D eigenvalue weighted by Crippen LogP contribution is -2.21. The molecule has 0 radical (unpaired) electrons. The molecule has 0 heterocycles. The Labute approximate surface area is 106 Å². The molecule has 0 aromatic heterocycles. The summed E-state index contributed by atoms with van der Waals surface area (Å²) < 4.78 is 0. The second-order valence-corrected chi connectivity index (χ2v) is 5.85. The molecule has 0 spiro atoms. The fourth-order valence-electron chi connectivity index (χ4n) is 2.83. The number of rotatable bonds is 7. The minimum Gasteiger partial charge on any atom is -0.481 e. The van der Waals surface area contributed by atoms with Crippen molar-refractivity contribution in [3.8, 4) is 0 Å². The average molecular weight is 240 g/mol. The third-order valence-corrected chi connectivity index (χ3v) is 4.45. The van der Waals surface area contributed by atoms with E-state index in [1.54, 1.807) is 0 Å². The summed E-state index contributed by atoms with van der Waals surface area (Å²) in [5, 5.41) is 8.93. The standard InChI is InChI=1S/C15H28O2/c1-3-12(2)6-4-5-7-13-8-10-14(11-9-13)15(16)17/h12-14H,3-11H2,1-2H3,(H,16,17)/t12-,13?,14?/m0/s1. The molecule has 17 heavy (non-hydrogen) atoms. The first kappa shape index (κ1) is 14.5. The van der Waals surface area contributed by atoms with Gasteiger partial charge in [0.25, 0.3) is 0 Å². The monoisotopic (exact) mass is 240 g/mol. The summed E-state index contributed by atoms with van der Waals surface area (Å²) in [6.07, 6.45) is 10.8. The van der Waals surface area contributed by atoms with Crippen LogP contribution in [0.15, 0.2) is 0 Å². The van der Waals surface area contributed by atoms with Crippen molar-refractivity contribution in [2.45, 2.75) is 71.6 Å². The van der Waals surface area contributed by atoms with E-state index in [1.165, 1.54) is 32.1 Å². The lowest BCUT2D eigenvalue weighted by atomic mass is 9.79. The third-order valence-electron chi connectivity index (χ3n) is 4.45. The molecule has 1 fully saturated rings. The Hall–Kier alpha value is -0.530. The van der Waals surface area contributed by atoms with Gasteiger partial charge in [0.1, 0.15) is 0 Å². The summed E-state index contributed by atoms with van der Waals surface area (Å²) in [5.74, 6) is 1.05. The van der Waals surface area contributed by atoms with Crippen LogP contribution in [-0.4, -0.2) is 11.1 Å². The first-order chi connectivity index (χ1) is 8.13. The molecule has 1 saturated carbocycles. The van der Waals surface area contributed by atoms with Crippen LogP contribution in [0, 0.1) is 17.8 Å². The highest BCUT2D eigenvalue weighted by atomic mass is 16.4. The summed E-state index contributed by atoms with van der Waals surface area (Å²) in [6.45, 7) is 4.59. The summed E-state index contributed by atoms with van der Waals surface area (Å²) >= 11 is 0. The van der Waals surface area contributed by atoms with Gasteiger partial charge in [0.05, 0.1) is 5.92 Å². The topological polar surface area (TPSA) is 37.3 Å². The van der Waals surface area contributed by atoms with Crippen molar-refractivity contribution in [3.63, 3.8) is 0 Å². The fourth-order valence-corrected chi connectivity index (χ4v) is 2.83. The lowest BCUT2D eigenvalue weighted by Gasteiger charge is -2.26. The van der Waals surface area contributed by atoms with Crippen LogP contribution in [0.3, 0.4) is 0 Å². The van der Waals surface area contributed by atoms with Gasteiger partial charge in [-0.2, -0.15) is 0 Å². The van der Waals surface area contributed by atoms with Crippen LogP contribution in [0.4, 0.5) is 0 Å². The van der Waals surface area contributed by atoms with E-state index in [9.17, 15) is 4.79 Å². The molecule has 1 aliphatic carbocycles. The van der Waals surface area contributed by atoms with E-state index in [1.807, 2.05) is 0 Å². The Bertz CT molecular complexity index is 217. The Morgan fingerprint density at radius 1 is 1.24 bits per heavy atom. The molecule has 1 N–H and O–H groups in total. The van der Waals surface area contributed by atoms with Crippen molar-refractivity contribution in [2.24, 2.45) is 17.8 Å². The quantitative estimate of drug-likeness (QED) is 0.666. The summed E-state index contributed by atoms with van der Waals surface area (Å²) in [7, 11) is 0. The molecule has 100 valence electrons. The van der Waals surface area contributed by atoms with E-state index in [0.717, 1.165) is 37.5 Å². The Morgan fingerprint density at radius 3 is 2.41 bits per heavy atom. The zero-order chi connectivity index (χ0) is 12.7. The number of unbranched alkanes of at least 4 members (excludes halogenated alkanes) is 1. The van der Waals surface area contributed by atoms with E-state index in [-0.39, 0.29) is 5.92 Å². The molecule has 0 unspecified atom stereocenters. The molecule has 1 rings (SSSR count). The minimum absolute atomic E-state index is 0.0497. The smallest absolute Gasteiger partial charge is 0.306 e. The molecule has 0 aromatic rings. The second-order valence-electron chi connectivity index (χ2n) is 5.85. The van der Waals surface area contributed by atoms with Crippen molar-refractivity contribution in [3.05, 3.63) is 0 Å². The van der Waals surface area contributed by atoms with E-state index in [2.05, 4.69) is 13.8 Å². The summed E-state index contributed by atoms with van der Waals surface area (Å²) in [6, 6.07) is 0. The molecule has 0 aromatic carbocycles. The van der Waals surface area contributed by atoms with Gasteiger partial charge in [-0.25, -0.2) is 0 Å². The first-order valence-corrected chi connectivity index (χ1v) is 7.36. The summed E-state index contributed by atoms with van der Waals surface area (Å²) in [5.41, 5.74) is 0. The first-order valence-electron chi connectivity index (χ1n) is 7.36. The van der Waals surface area contributed by atoms with Crippen molar-refractivity contribution in [2.75, 3.05) is 0 Å². The molecule has 0 saturated heterocycles. The predicted molar refractivity (Wildman–Crippen MR) is 71.0 cm³/mol. The van der Waals surface area contributed by atoms with Crippen LogP contribution in [0.25, 0.3) is 0 Å². The molecule has 1 aliphatic rings. The SMILES string of the molecule is CC[C@H](C)CCCCC1CCC(C(=O)O)CC1. The number of carbonyl (C=O) groups is 1. The molecular formula is C15H28O2. The van der Waals surface area contributed by atoms with Crippen LogP contribution in [-0.2, 0) is 4.79 Å². The maximum atomic E-state index is 10.8. The van der Waals surface area contributed by atoms with Crippen molar-refractivity contribution >= 4 is 5.97 Å². The maximum absolute atomic E-state index is 10.8. The van der Waals surface area contributed by atoms with Gasteiger partial charge in [0, 0.05) is 0 Å². The van der Waals surface area contributed by atoms with Gasteiger partial charge in [-0.15, -0.1) is 0 Å². The van der Waals surface area contributed by atoms with Crippen LogP contribution in [0.2, 0.25) is 0 Å². The van der Waals surface area contributed by atoms with Crippen molar-refractivity contribution in [1.82, 2.24) is 0 Å². The number of carboxylic acids is 1. The van der Waals surface area contributed by atoms with Gasteiger partial charge in [0.2, 0.25) is 0 Å². The van der Waals surface area contributed by atoms with Crippen molar-refractivity contribution in [1.29, 1.82) is 0 Å². The highest BCUT2D eigenvalue weighted by Gasteiger charge is 2.25. The van der Waals surface area contributed by atoms with E-state index < -0.39 is 5.97 Å². The fraction of sp³-hybridized carbons (Fsp3) is 0.933. The number of aliphatic carboxylic acids is 1. The third kappa shape index (κ3) is 5.56. The molecule has 0 aliphatic heterocycles. The zero-order valence-corrected chi connectivity index (χ0v) is 11.5. The molecule has 1 atom stereocenters. The highest BCUT2D eigenvalue weighted by molar-refractivity contribution is 5.69. The second kappa shape index (κ2) is 7.73. The van der Waals surface area contributed by atoms with Crippen LogP contribution < -0.4 is 0 Å².